The van der Waals surface area contributed by atoms with Crippen molar-refractivity contribution in [1.82, 2.24) is 0 Å². The van der Waals surface area contributed by atoms with Gasteiger partial charge in [0.05, 0.1) is 0 Å². The van der Waals surface area contributed by atoms with Crippen molar-refractivity contribution in [2.45, 2.75) is 85.2 Å². The smallest absolute Gasteiger partial charge is 0.136 e. The average molecular weight is 523 g/mol. The number of benzene rings is 3. The Hall–Kier alpha value is -3.39. The highest BCUT2D eigenvalue weighted by molar-refractivity contribution is 5.81. The van der Waals surface area contributed by atoms with Crippen LogP contribution in [0.3, 0.4) is 0 Å². The van der Waals surface area contributed by atoms with Crippen LogP contribution in [0.2, 0.25) is 0 Å². The largest absolute Gasteiger partial charge is 0.489 e. The molecular formula is C37H46O2. The number of rotatable bonds is 14. The van der Waals surface area contributed by atoms with Crippen molar-refractivity contribution < 1.29 is 9.53 Å². The molecule has 2 heteroatoms. The molecule has 0 aliphatic heterocycles. The zero-order valence-electron chi connectivity index (χ0n) is 24.2. The van der Waals surface area contributed by atoms with Crippen LogP contribution < -0.4 is 4.74 Å². The molecule has 0 spiro atoms. The highest BCUT2D eigenvalue weighted by Crippen LogP contribution is 2.25. The molecule has 206 valence electrons. The topological polar surface area (TPSA) is 26.3 Å². The van der Waals surface area contributed by atoms with Crippen molar-refractivity contribution in [3.63, 3.8) is 0 Å². The Labute approximate surface area is 236 Å². The van der Waals surface area contributed by atoms with Gasteiger partial charge in [-0.2, -0.15) is 0 Å². The first-order valence-electron chi connectivity index (χ1n) is 14.9. The Balaban J connectivity index is 0.00000205. The highest BCUT2D eigenvalue weighted by Gasteiger charge is 2.19. The van der Waals surface area contributed by atoms with Crippen molar-refractivity contribution in [2.24, 2.45) is 5.92 Å². The summed E-state index contributed by atoms with van der Waals surface area (Å²) in [6.07, 6.45) is 15.6. The number of carbonyl (C=O) groups is 1. The van der Waals surface area contributed by atoms with Crippen LogP contribution in [0.25, 0.3) is 0 Å². The summed E-state index contributed by atoms with van der Waals surface area (Å²) in [5.74, 6) is 1.36. The molecule has 4 rings (SSSR count). The van der Waals surface area contributed by atoms with Crippen LogP contribution >= 0.6 is 0 Å². The van der Waals surface area contributed by atoms with Gasteiger partial charge in [-0.3, -0.25) is 4.79 Å². The van der Waals surface area contributed by atoms with E-state index in [9.17, 15) is 4.79 Å². The first-order chi connectivity index (χ1) is 19.2. The SMILES string of the molecule is CC.Cc1cc(CC(CCc2ccccc2)C(=O)CCCCC2=CCCC=C2)ccc1OCc1ccccc1. The second-order valence-corrected chi connectivity index (χ2v) is 10.2. The molecule has 3 aromatic rings. The van der Waals surface area contributed by atoms with E-state index in [2.05, 4.69) is 79.7 Å². The van der Waals surface area contributed by atoms with Crippen LogP contribution in [0, 0.1) is 12.8 Å². The molecule has 39 heavy (non-hydrogen) atoms. The molecule has 0 saturated heterocycles. The Morgan fingerprint density at radius 3 is 2.21 bits per heavy atom. The Morgan fingerprint density at radius 2 is 1.54 bits per heavy atom. The standard InChI is InChI=1S/C35H40O2.C2H6/c1-28-25-32(22-24-35(28)37-27-31-18-9-4-10-19-31)26-33(23-21-30-15-7-3-8-16-30)34(36)20-12-11-17-29-13-5-2-6-14-29;1-2/h3-5,7-10,13-16,18-19,22,24-25,33H,2,6,11-12,17,20-21,23,26-27H2,1H3;1-2H3. The fourth-order valence-corrected chi connectivity index (χ4v) is 5.07. The third-order valence-corrected chi connectivity index (χ3v) is 7.25. The molecule has 0 saturated carbocycles. The minimum Gasteiger partial charge on any atom is -0.489 e. The average Bonchev–Trinajstić information content (AvgIpc) is 2.99. The fraction of sp³-hybridized carbons (Fsp3) is 0.378. The van der Waals surface area contributed by atoms with Gasteiger partial charge in [0.25, 0.3) is 0 Å². The van der Waals surface area contributed by atoms with Crippen molar-refractivity contribution in [3.05, 3.63) is 125 Å². The van der Waals surface area contributed by atoms with Crippen LogP contribution in [0.15, 0.2) is 103 Å². The van der Waals surface area contributed by atoms with E-state index in [1.807, 2.05) is 38.1 Å². The number of Topliss-reactive ketones (excluding diaryl/α,β-unsaturated/α-hetero) is 1. The predicted octanol–water partition coefficient (Wildman–Crippen LogP) is 9.80. The maximum absolute atomic E-state index is 13.4. The van der Waals surface area contributed by atoms with Gasteiger partial charge in [0.1, 0.15) is 18.1 Å². The molecule has 0 aromatic heterocycles. The number of hydrogen-bond acceptors (Lipinski definition) is 2. The van der Waals surface area contributed by atoms with E-state index in [0.717, 1.165) is 68.2 Å². The molecule has 1 atom stereocenters. The molecule has 0 bridgehead atoms. The van der Waals surface area contributed by atoms with Gasteiger partial charge in [-0.1, -0.05) is 110 Å². The molecule has 3 aromatic carbocycles. The lowest BCUT2D eigenvalue weighted by molar-refractivity contribution is -0.123. The molecule has 0 amide bonds. The number of carbonyl (C=O) groups excluding carboxylic acids is 1. The van der Waals surface area contributed by atoms with E-state index in [0.29, 0.717) is 18.8 Å². The summed E-state index contributed by atoms with van der Waals surface area (Å²) in [6, 6.07) is 27.2. The van der Waals surface area contributed by atoms with Crippen LogP contribution in [-0.2, 0) is 24.2 Å². The summed E-state index contributed by atoms with van der Waals surface area (Å²) in [7, 11) is 0. The number of unbranched alkanes of at least 4 members (excludes halogenated alkanes) is 1. The van der Waals surface area contributed by atoms with E-state index in [1.165, 1.54) is 16.7 Å². The zero-order valence-corrected chi connectivity index (χ0v) is 24.2. The lowest BCUT2D eigenvalue weighted by Crippen LogP contribution is -2.18. The summed E-state index contributed by atoms with van der Waals surface area (Å²) in [6.45, 7) is 6.66. The van der Waals surface area contributed by atoms with Crippen molar-refractivity contribution >= 4 is 5.78 Å². The molecule has 0 radical (unpaired) electrons. The molecule has 1 unspecified atom stereocenters. The van der Waals surface area contributed by atoms with Gasteiger partial charge in [0.15, 0.2) is 0 Å². The molecule has 0 N–H and O–H groups in total. The minimum absolute atomic E-state index is 0.0458. The zero-order chi connectivity index (χ0) is 27.7. The Kier molecular flexibility index (Phi) is 13.3. The predicted molar refractivity (Wildman–Crippen MR) is 165 cm³/mol. The molecule has 0 fully saturated rings. The van der Waals surface area contributed by atoms with E-state index >= 15 is 0 Å². The normalized spacial score (nSPS) is 13.2. The summed E-state index contributed by atoms with van der Waals surface area (Å²) in [5.41, 5.74) is 6.24. The van der Waals surface area contributed by atoms with E-state index in [-0.39, 0.29) is 5.92 Å². The molecule has 0 heterocycles. The first kappa shape index (κ1) is 30.2. The lowest BCUT2D eigenvalue weighted by Gasteiger charge is -2.18. The van der Waals surface area contributed by atoms with E-state index < -0.39 is 0 Å². The van der Waals surface area contributed by atoms with Crippen molar-refractivity contribution in [1.29, 1.82) is 0 Å². The molecular weight excluding hydrogens is 476 g/mol. The third kappa shape index (κ3) is 10.7. The number of hydrogen-bond donors (Lipinski definition) is 0. The number of ketones is 1. The molecule has 1 aliphatic rings. The quantitative estimate of drug-likeness (QED) is 0.197. The molecule has 2 nitrogen and oxygen atoms in total. The summed E-state index contributed by atoms with van der Waals surface area (Å²) >= 11 is 0. The van der Waals surface area contributed by atoms with Gasteiger partial charge >= 0.3 is 0 Å². The third-order valence-electron chi connectivity index (χ3n) is 7.25. The van der Waals surface area contributed by atoms with E-state index in [1.54, 1.807) is 0 Å². The van der Waals surface area contributed by atoms with Gasteiger partial charge in [0.2, 0.25) is 0 Å². The monoisotopic (exact) mass is 522 g/mol. The lowest BCUT2D eigenvalue weighted by atomic mass is 9.87. The Morgan fingerprint density at radius 1 is 0.821 bits per heavy atom. The second kappa shape index (κ2) is 17.2. The van der Waals surface area contributed by atoms with Gasteiger partial charge < -0.3 is 4.74 Å². The van der Waals surface area contributed by atoms with Crippen LogP contribution in [-0.4, -0.2) is 5.78 Å². The van der Waals surface area contributed by atoms with Crippen LogP contribution in [0.4, 0.5) is 0 Å². The van der Waals surface area contributed by atoms with Crippen molar-refractivity contribution in [3.8, 4) is 5.75 Å². The summed E-state index contributed by atoms with van der Waals surface area (Å²) in [5, 5.41) is 0. The number of allylic oxidation sites excluding steroid dienone is 4. The van der Waals surface area contributed by atoms with Crippen LogP contribution in [0.1, 0.15) is 81.0 Å². The maximum Gasteiger partial charge on any atom is 0.136 e. The van der Waals surface area contributed by atoms with Crippen molar-refractivity contribution in [2.75, 3.05) is 0 Å². The van der Waals surface area contributed by atoms with Crippen LogP contribution in [0.5, 0.6) is 5.75 Å². The van der Waals surface area contributed by atoms with Gasteiger partial charge in [0, 0.05) is 12.3 Å². The number of ether oxygens (including phenoxy) is 1. The number of aryl methyl sites for hydroxylation is 2. The first-order valence-corrected chi connectivity index (χ1v) is 14.9. The van der Waals surface area contributed by atoms with Gasteiger partial charge in [-0.05, 0) is 86.6 Å². The highest BCUT2D eigenvalue weighted by atomic mass is 16.5. The fourth-order valence-electron chi connectivity index (χ4n) is 5.07. The van der Waals surface area contributed by atoms with Gasteiger partial charge in [-0.25, -0.2) is 0 Å². The second-order valence-electron chi connectivity index (χ2n) is 10.2. The summed E-state index contributed by atoms with van der Waals surface area (Å²) < 4.78 is 6.07. The Bertz CT molecular complexity index is 1170. The maximum atomic E-state index is 13.4. The van der Waals surface area contributed by atoms with Gasteiger partial charge in [-0.15, -0.1) is 0 Å². The minimum atomic E-state index is 0.0458. The van der Waals surface area contributed by atoms with E-state index in [4.69, 9.17) is 4.74 Å². The molecule has 1 aliphatic carbocycles. The summed E-state index contributed by atoms with van der Waals surface area (Å²) in [4.78, 5) is 13.4.